The lowest BCUT2D eigenvalue weighted by atomic mass is 9.99. The lowest BCUT2D eigenvalue weighted by molar-refractivity contribution is 0.0827. The second kappa shape index (κ2) is 6.27. The Morgan fingerprint density at radius 3 is 2.80 bits per heavy atom. The molecule has 0 aliphatic carbocycles. The number of rotatable bonds is 4. The molecule has 2 rings (SSSR count). The number of nitrogens with zero attached hydrogens (tertiary/aromatic N) is 1. The van der Waals surface area contributed by atoms with Gasteiger partial charge >= 0.3 is 0 Å². The standard InChI is InChI=1S/C16H24N2O2/c1-11-5-6-13(16(19)18(3)4)9-15(11)17-12(2)14-7-8-20-10-14/h5-6,9,12,14,17H,7-8,10H2,1-4H3. The van der Waals surface area contributed by atoms with Gasteiger partial charge in [-0.15, -0.1) is 0 Å². The lowest BCUT2D eigenvalue weighted by Gasteiger charge is -2.22. The first-order chi connectivity index (χ1) is 9.49. The highest BCUT2D eigenvalue weighted by molar-refractivity contribution is 5.95. The summed E-state index contributed by atoms with van der Waals surface area (Å²) in [5, 5.41) is 3.54. The maximum absolute atomic E-state index is 12.0. The molecular weight excluding hydrogens is 252 g/mol. The molecule has 1 N–H and O–H groups in total. The lowest BCUT2D eigenvalue weighted by Crippen LogP contribution is -2.27. The Morgan fingerprint density at radius 1 is 1.45 bits per heavy atom. The Hall–Kier alpha value is -1.55. The molecule has 1 amide bonds. The van der Waals surface area contributed by atoms with Gasteiger partial charge in [-0.25, -0.2) is 0 Å². The summed E-state index contributed by atoms with van der Waals surface area (Å²) in [6.45, 7) is 5.92. The number of aryl methyl sites for hydroxylation is 1. The van der Waals surface area contributed by atoms with Crippen molar-refractivity contribution in [1.82, 2.24) is 4.90 Å². The largest absolute Gasteiger partial charge is 0.382 e. The molecule has 0 radical (unpaired) electrons. The van der Waals surface area contributed by atoms with Crippen molar-refractivity contribution < 1.29 is 9.53 Å². The van der Waals surface area contributed by atoms with Gasteiger partial charge in [-0.2, -0.15) is 0 Å². The molecule has 4 nitrogen and oxygen atoms in total. The van der Waals surface area contributed by atoms with Crippen LogP contribution < -0.4 is 5.32 Å². The van der Waals surface area contributed by atoms with Crippen LogP contribution in [0.4, 0.5) is 5.69 Å². The van der Waals surface area contributed by atoms with E-state index < -0.39 is 0 Å². The zero-order valence-corrected chi connectivity index (χ0v) is 12.8. The Balaban J connectivity index is 2.13. The molecule has 0 aromatic heterocycles. The Bertz CT molecular complexity index is 479. The first-order valence-corrected chi connectivity index (χ1v) is 7.15. The van der Waals surface area contributed by atoms with Gasteiger partial charge in [-0.1, -0.05) is 6.07 Å². The minimum Gasteiger partial charge on any atom is -0.382 e. The highest BCUT2D eigenvalue weighted by atomic mass is 16.5. The second-order valence-corrected chi connectivity index (χ2v) is 5.79. The summed E-state index contributed by atoms with van der Waals surface area (Å²) in [6, 6.07) is 6.17. The third-order valence-corrected chi connectivity index (χ3v) is 3.95. The molecule has 1 aliphatic heterocycles. The maximum Gasteiger partial charge on any atom is 0.253 e. The van der Waals surface area contributed by atoms with Gasteiger partial charge < -0.3 is 15.0 Å². The number of anilines is 1. The quantitative estimate of drug-likeness (QED) is 0.919. The van der Waals surface area contributed by atoms with Crippen LogP contribution in [0.5, 0.6) is 0 Å². The van der Waals surface area contributed by atoms with E-state index in [4.69, 9.17) is 4.74 Å². The van der Waals surface area contributed by atoms with Gasteiger partial charge in [0, 0.05) is 43.9 Å². The molecular formula is C16H24N2O2. The summed E-state index contributed by atoms with van der Waals surface area (Å²) < 4.78 is 5.44. The molecule has 1 fully saturated rings. The van der Waals surface area contributed by atoms with E-state index in [0.717, 1.165) is 36.4 Å². The van der Waals surface area contributed by atoms with Gasteiger partial charge in [0.05, 0.1) is 6.61 Å². The number of hydrogen-bond donors (Lipinski definition) is 1. The first kappa shape index (κ1) is 14.9. The van der Waals surface area contributed by atoms with E-state index in [-0.39, 0.29) is 5.91 Å². The SMILES string of the molecule is Cc1ccc(C(=O)N(C)C)cc1NC(C)C1CCOC1. The molecule has 20 heavy (non-hydrogen) atoms. The van der Waals surface area contributed by atoms with Crippen molar-refractivity contribution in [1.29, 1.82) is 0 Å². The van der Waals surface area contributed by atoms with Crippen molar-refractivity contribution in [3.05, 3.63) is 29.3 Å². The van der Waals surface area contributed by atoms with Crippen LogP contribution in [0.15, 0.2) is 18.2 Å². The molecule has 1 saturated heterocycles. The highest BCUT2D eigenvalue weighted by Gasteiger charge is 2.22. The van der Waals surface area contributed by atoms with Gasteiger partial charge in [0.15, 0.2) is 0 Å². The molecule has 2 atom stereocenters. The smallest absolute Gasteiger partial charge is 0.253 e. The monoisotopic (exact) mass is 276 g/mol. The normalized spacial score (nSPS) is 19.7. The maximum atomic E-state index is 12.0. The Labute approximate surface area is 121 Å². The summed E-state index contributed by atoms with van der Waals surface area (Å²) in [7, 11) is 3.54. The van der Waals surface area contributed by atoms with Crippen LogP contribution in [0.1, 0.15) is 29.3 Å². The average Bonchev–Trinajstić information content (AvgIpc) is 2.94. The molecule has 4 heteroatoms. The summed E-state index contributed by atoms with van der Waals surface area (Å²) in [5.74, 6) is 0.576. The predicted molar refractivity (Wildman–Crippen MR) is 81.2 cm³/mol. The van der Waals surface area contributed by atoms with Crippen molar-refractivity contribution >= 4 is 11.6 Å². The molecule has 1 aliphatic rings. The third-order valence-electron chi connectivity index (χ3n) is 3.95. The third kappa shape index (κ3) is 3.31. The molecule has 1 heterocycles. The van der Waals surface area contributed by atoms with Gasteiger partial charge in [0.1, 0.15) is 0 Å². The topological polar surface area (TPSA) is 41.6 Å². The highest BCUT2D eigenvalue weighted by Crippen LogP contribution is 2.23. The summed E-state index contributed by atoms with van der Waals surface area (Å²) in [4.78, 5) is 13.6. The number of benzene rings is 1. The van der Waals surface area contributed by atoms with Crippen LogP contribution in [-0.2, 0) is 4.74 Å². The van der Waals surface area contributed by atoms with E-state index in [1.165, 1.54) is 0 Å². The predicted octanol–water partition coefficient (Wildman–Crippen LogP) is 2.53. The van der Waals surface area contributed by atoms with E-state index in [0.29, 0.717) is 12.0 Å². The fourth-order valence-electron chi connectivity index (χ4n) is 2.48. The number of amides is 1. The fraction of sp³-hybridized carbons (Fsp3) is 0.562. The average molecular weight is 276 g/mol. The van der Waals surface area contributed by atoms with Crippen LogP contribution in [0.2, 0.25) is 0 Å². The zero-order valence-electron chi connectivity index (χ0n) is 12.8. The molecule has 0 spiro atoms. The number of nitrogens with one attached hydrogen (secondary N) is 1. The van der Waals surface area contributed by atoms with E-state index in [1.54, 1.807) is 19.0 Å². The summed E-state index contributed by atoms with van der Waals surface area (Å²) in [5.41, 5.74) is 2.92. The number of carbonyl (C=O) groups excluding carboxylic acids is 1. The fourth-order valence-corrected chi connectivity index (χ4v) is 2.48. The molecule has 0 bridgehead atoms. The molecule has 2 unspecified atom stereocenters. The van der Waals surface area contributed by atoms with Crippen molar-refractivity contribution in [3.8, 4) is 0 Å². The van der Waals surface area contributed by atoms with Crippen LogP contribution in [-0.4, -0.2) is 44.2 Å². The van der Waals surface area contributed by atoms with E-state index in [2.05, 4.69) is 19.2 Å². The Morgan fingerprint density at radius 2 is 2.20 bits per heavy atom. The van der Waals surface area contributed by atoms with Crippen molar-refractivity contribution in [2.24, 2.45) is 5.92 Å². The summed E-state index contributed by atoms with van der Waals surface area (Å²) >= 11 is 0. The summed E-state index contributed by atoms with van der Waals surface area (Å²) in [6.07, 6.45) is 1.10. The minimum absolute atomic E-state index is 0.0323. The Kier molecular flexibility index (Phi) is 4.65. The van der Waals surface area contributed by atoms with Crippen LogP contribution in [0.25, 0.3) is 0 Å². The molecule has 0 saturated carbocycles. The zero-order chi connectivity index (χ0) is 14.7. The van der Waals surface area contributed by atoms with E-state index >= 15 is 0 Å². The molecule has 110 valence electrons. The number of carbonyl (C=O) groups is 1. The van der Waals surface area contributed by atoms with Crippen LogP contribution in [0.3, 0.4) is 0 Å². The van der Waals surface area contributed by atoms with Crippen molar-refractivity contribution in [2.45, 2.75) is 26.3 Å². The van der Waals surface area contributed by atoms with Gasteiger partial charge in [0.25, 0.3) is 5.91 Å². The van der Waals surface area contributed by atoms with Crippen molar-refractivity contribution in [2.75, 3.05) is 32.6 Å². The van der Waals surface area contributed by atoms with Crippen LogP contribution >= 0.6 is 0 Å². The van der Waals surface area contributed by atoms with Gasteiger partial charge in [-0.3, -0.25) is 4.79 Å². The minimum atomic E-state index is 0.0323. The van der Waals surface area contributed by atoms with Crippen molar-refractivity contribution in [3.63, 3.8) is 0 Å². The van der Waals surface area contributed by atoms with E-state index in [1.807, 2.05) is 18.2 Å². The second-order valence-electron chi connectivity index (χ2n) is 5.79. The molecule has 1 aromatic carbocycles. The number of ether oxygens (including phenoxy) is 1. The van der Waals surface area contributed by atoms with Gasteiger partial charge in [0.2, 0.25) is 0 Å². The van der Waals surface area contributed by atoms with E-state index in [9.17, 15) is 4.79 Å². The number of hydrogen-bond acceptors (Lipinski definition) is 3. The van der Waals surface area contributed by atoms with Gasteiger partial charge in [-0.05, 0) is 38.0 Å². The first-order valence-electron chi connectivity index (χ1n) is 7.15. The molecule has 1 aromatic rings. The van der Waals surface area contributed by atoms with Crippen LogP contribution in [0, 0.1) is 12.8 Å².